The van der Waals surface area contributed by atoms with Crippen LogP contribution in [0.15, 0.2) is 71.5 Å². The van der Waals surface area contributed by atoms with E-state index >= 15 is 8.78 Å². The lowest BCUT2D eigenvalue weighted by atomic mass is 10.0. The lowest BCUT2D eigenvalue weighted by molar-refractivity contribution is -0.200. The van der Waals surface area contributed by atoms with E-state index in [1.54, 1.807) is 13.0 Å². The van der Waals surface area contributed by atoms with Crippen molar-refractivity contribution in [3.63, 3.8) is 0 Å². The first-order valence-electron chi connectivity index (χ1n) is 14.5. The number of carbonyl (C=O) groups is 2. The van der Waals surface area contributed by atoms with Crippen molar-refractivity contribution in [1.29, 1.82) is 0 Å². The highest BCUT2D eigenvalue weighted by Crippen LogP contribution is 2.33. The topological polar surface area (TPSA) is 135 Å². The second kappa shape index (κ2) is 14.3. The molecule has 260 valence electrons. The molecule has 0 aliphatic rings. The first-order chi connectivity index (χ1) is 23.7. The zero-order valence-electron chi connectivity index (χ0n) is 25.6. The molecule has 2 heterocycles. The molecule has 3 N–H and O–H groups in total. The Labute approximate surface area is 277 Å². The van der Waals surface area contributed by atoms with E-state index in [1.807, 2.05) is 0 Å². The molecule has 1 atom stereocenters. The normalized spacial score (nSPS) is 12.1. The number of nitrogens with zero attached hydrogens (tertiary/aromatic N) is 3. The number of rotatable bonds is 10. The maximum absolute atomic E-state index is 15.0. The van der Waals surface area contributed by atoms with Crippen molar-refractivity contribution >= 4 is 34.5 Å². The second-order valence-electron chi connectivity index (χ2n) is 10.8. The van der Waals surface area contributed by atoms with E-state index in [-0.39, 0.29) is 33.5 Å². The van der Waals surface area contributed by atoms with E-state index in [4.69, 9.17) is 0 Å². The first-order valence-corrected chi connectivity index (χ1v) is 14.5. The molecule has 5 rings (SSSR count). The van der Waals surface area contributed by atoms with Crippen LogP contribution >= 0.6 is 0 Å². The summed E-state index contributed by atoms with van der Waals surface area (Å²) in [6.45, 7) is -0.289. The summed E-state index contributed by atoms with van der Waals surface area (Å²) in [5, 5.41) is 14.9. The van der Waals surface area contributed by atoms with Gasteiger partial charge in [0.2, 0.25) is 11.9 Å². The van der Waals surface area contributed by atoms with Gasteiger partial charge in [-0.1, -0.05) is 24.3 Å². The standard InChI is InChI=1S/C33H24F7N5O5/c1-16-8-9-18(41-25(47)12-17-4-2-5-22(34)27(17)37)13-21(16)28-20-10-11-26(48)45(29-23(35)6-3-7-24(29)36)30(20)44-32(43-28)42-19(14-46)15-50-31(49)33(38,39)40/h2-11,13,19,46H,12,14-15H2,1H3,(H,41,47)(H,42,43,44). The Morgan fingerprint density at radius 3 is 2.30 bits per heavy atom. The van der Waals surface area contributed by atoms with Gasteiger partial charge in [-0.3, -0.25) is 14.2 Å². The number of aliphatic hydroxyl groups excluding tert-OH is 1. The van der Waals surface area contributed by atoms with Gasteiger partial charge in [0.15, 0.2) is 17.3 Å². The van der Waals surface area contributed by atoms with Gasteiger partial charge < -0.3 is 20.5 Å². The Morgan fingerprint density at radius 2 is 1.62 bits per heavy atom. The number of fused-ring (bicyclic) bond motifs is 1. The summed E-state index contributed by atoms with van der Waals surface area (Å²) in [5.41, 5.74) is -1.45. The van der Waals surface area contributed by atoms with Crippen molar-refractivity contribution in [2.75, 3.05) is 23.8 Å². The van der Waals surface area contributed by atoms with Gasteiger partial charge in [0, 0.05) is 28.3 Å². The number of alkyl halides is 3. The molecular formula is C33H24F7N5O5. The van der Waals surface area contributed by atoms with Gasteiger partial charge in [0.05, 0.1) is 24.8 Å². The van der Waals surface area contributed by atoms with Gasteiger partial charge in [0.25, 0.3) is 5.56 Å². The maximum atomic E-state index is 15.0. The molecule has 0 radical (unpaired) electrons. The summed E-state index contributed by atoms with van der Waals surface area (Å²) < 4.78 is 101. The van der Waals surface area contributed by atoms with Crippen LogP contribution in [0.25, 0.3) is 28.0 Å². The number of nitrogens with one attached hydrogen (secondary N) is 2. The number of anilines is 2. The van der Waals surface area contributed by atoms with E-state index in [0.717, 1.165) is 30.3 Å². The van der Waals surface area contributed by atoms with Gasteiger partial charge in [-0.15, -0.1) is 0 Å². The van der Waals surface area contributed by atoms with Gasteiger partial charge in [-0.25, -0.2) is 27.3 Å². The third-order valence-corrected chi connectivity index (χ3v) is 7.27. The van der Waals surface area contributed by atoms with Crippen LogP contribution in [0.2, 0.25) is 0 Å². The van der Waals surface area contributed by atoms with Crippen LogP contribution in [0.4, 0.5) is 42.4 Å². The number of carbonyl (C=O) groups excluding carboxylic acids is 2. The van der Waals surface area contributed by atoms with Crippen molar-refractivity contribution in [1.82, 2.24) is 14.5 Å². The van der Waals surface area contributed by atoms with Gasteiger partial charge in [-0.2, -0.15) is 18.2 Å². The Bertz CT molecular complexity index is 2150. The third-order valence-electron chi connectivity index (χ3n) is 7.27. The first kappa shape index (κ1) is 35.5. The van der Waals surface area contributed by atoms with Crippen molar-refractivity contribution in [2.24, 2.45) is 0 Å². The molecule has 0 aliphatic carbocycles. The molecule has 0 fully saturated rings. The molecule has 1 unspecified atom stereocenters. The summed E-state index contributed by atoms with van der Waals surface area (Å²) in [4.78, 5) is 45.8. The summed E-state index contributed by atoms with van der Waals surface area (Å²) >= 11 is 0. The van der Waals surface area contributed by atoms with Crippen molar-refractivity contribution in [3.05, 3.63) is 111 Å². The maximum Gasteiger partial charge on any atom is 0.490 e. The van der Waals surface area contributed by atoms with Crippen molar-refractivity contribution in [3.8, 4) is 16.9 Å². The molecule has 50 heavy (non-hydrogen) atoms. The highest BCUT2D eigenvalue weighted by atomic mass is 19.4. The number of aryl methyl sites for hydroxylation is 1. The van der Waals surface area contributed by atoms with Gasteiger partial charge >= 0.3 is 12.1 Å². The van der Waals surface area contributed by atoms with Crippen LogP contribution < -0.4 is 16.2 Å². The quantitative estimate of drug-likeness (QED) is 0.131. The average Bonchev–Trinajstić information content (AvgIpc) is 3.06. The zero-order chi connectivity index (χ0) is 36.3. The van der Waals surface area contributed by atoms with E-state index in [1.165, 1.54) is 30.3 Å². The lowest BCUT2D eigenvalue weighted by Crippen LogP contribution is -2.35. The lowest BCUT2D eigenvalue weighted by Gasteiger charge is -2.20. The Balaban J connectivity index is 1.63. The molecular weight excluding hydrogens is 679 g/mol. The predicted molar refractivity (Wildman–Crippen MR) is 165 cm³/mol. The minimum atomic E-state index is -5.32. The van der Waals surface area contributed by atoms with Gasteiger partial charge in [-0.05, 0) is 48.9 Å². The molecule has 3 aromatic carbocycles. The minimum Gasteiger partial charge on any atom is -0.457 e. The summed E-state index contributed by atoms with van der Waals surface area (Å²) in [6.07, 6.45) is -5.85. The molecule has 2 aromatic heterocycles. The molecule has 17 heteroatoms. The largest absolute Gasteiger partial charge is 0.490 e. The van der Waals surface area contributed by atoms with E-state index in [9.17, 15) is 41.4 Å². The fourth-order valence-corrected chi connectivity index (χ4v) is 4.90. The fraction of sp³-hybridized carbons (Fsp3) is 0.182. The highest BCUT2D eigenvalue weighted by molar-refractivity contribution is 5.96. The van der Waals surface area contributed by atoms with Crippen LogP contribution in [-0.2, 0) is 20.7 Å². The molecule has 0 saturated carbocycles. The van der Waals surface area contributed by atoms with E-state index < -0.39 is 84.2 Å². The molecule has 0 spiro atoms. The number of amides is 1. The smallest absolute Gasteiger partial charge is 0.457 e. The number of esters is 1. The van der Waals surface area contributed by atoms with Gasteiger partial charge in [0.1, 0.15) is 23.9 Å². The number of pyridine rings is 1. The number of aromatic nitrogens is 3. The molecule has 1 amide bonds. The number of ether oxygens (including phenoxy) is 1. The summed E-state index contributed by atoms with van der Waals surface area (Å²) in [5.74, 6) is -8.33. The molecule has 0 bridgehead atoms. The minimum absolute atomic E-state index is 0.0169. The summed E-state index contributed by atoms with van der Waals surface area (Å²) in [6, 6.07) is 11.5. The molecule has 5 aromatic rings. The van der Waals surface area contributed by atoms with Crippen LogP contribution in [0.5, 0.6) is 0 Å². The van der Waals surface area contributed by atoms with Crippen LogP contribution in [-0.4, -0.2) is 56.9 Å². The number of halogens is 7. The number of hydrogen-bond donors (Lipinski definition) is 3. The molecule has 10 nitrogen and oxygen atoms in total. The summed E-state index contributed by atoms with van der Waals surface area (Å²) in [7, 11) is 0. The second-order valence-corrected chi connectivity index (χ2v) is 10.8. The molecule has 0 aliphatic heterocycles. The van der Waals surface area contributed by atoms with Crippen LogP contribution in [0.3, 0.4) is 0 Å². The number of benzene rings is 3. The zero-order valence-corrected chi connectivity index (χ0v) is 25.6. The fourth-order valence-electron chi connectivity index (χ4n) is 4.90. The van der Waals surface area contributed by atoms with Crippen molar-refractivity contribution < 1.29 is 50.2 Å². The predicted octanol–water partition coefficient (Wildman–Crippen LogP) is 5.37. The number of para-hydroxylation sites is 1. The Kier molecular flexibility index (Phi) is 10.2. The number of aliphatic hydroxyl groups is 1. The SMILES string of the molecule is Cc1ccc(NC(=O)Cc2cccc(F)c2F)cc1-c1nc(NC(CO)COC(=O)C(F)(F)F)nc2c1ccc(=O)n2-c1c(F)cccc1F. The highest BCUT2D eigenvalue weighted by Gasteiger charge is 2.41. The molecule has 0 saturated heterocycles. The van der Waals surface area contributed by atoms with Crippen molar-refractivity contribution in [2.45, 2.75) is 25.6 Å². The van der Waals surface area contributed by atoms with E-state index in [2.05, 4.69) is 25.3 Å². The Morgan fingerprint density at radius 1 is 0.940 bits per heavy atom. The third kappa shape index (κ3) is 7.57. The van der Waals surface area contributed by atoms with Crippen LogP contribution in [0, 0.1) is 30.2 Å². The number of hydrogen-bond acceptors (Lipinski definition) is 8. The van der Waals surface area contributed by atoms with E-state index in [0.29, 0.717) is 10.1 Å². The average molecular weight is 704 g/mol. The van der Waals surface area contributed by atoms with Crippen LogP contribution in [0.1, 0.15) is 11.1 Å². The Hall–Kier alpha value is -5.84. The monoisotopic (exact) mass is 703 g/mol.